The first-order valence-corrected chi connectivity index (χ1v) is 9.37. The van der Waals surface area contributed by atoms with Gasteiger partial charge in [-0.1, -0.05) is 60.2 Å². The molecule has 2 nitrogen and oxygen atoms in total. The Morgan fingerprint density at radius 1 is 1.08 bits per heavy atom. The summed E-state index contributed by atoms with van der Waals surface area (Å²) in [5, 5.41) is 0. The van der Waals surface area contributed by atoms with Crippen LogP contribution in [-0.4, -0.2) is 23.9 Å². The van der Waals surface area contributed by atoms with Gasteiger partial charge in [0.05, 0.1) is 5.41 Å². The van der Waals surface area contributed by atoms with Gasteiger partial charge in [-0.2, -0.15) is 0 Å². The summed E-state index contributed by atoms with van der Waals surface area (Å²) in [5.74, 6) is 0.886. The molecule has 2 aromatic carbocycles. The van der Waals surface area contributed by atoms with Gasteiger partial charge in [0.15, 0.2) is 0 Å². The zero-order valence-electron chi connectivity index (χ0n) is 15.7. The van der Waals surface area contributed by atoms with Gasteiger partial charge >= 0.3 is 0 Å². The molecule has 3 rings (SSSR count). The van der Waals surface area contributed by atoms with Gasteiger partial charge in [-0.25, -0.2) is 0 Å². The third kappa shape index (κ3) is 4.12. The summed E-state index contributed by atoms with van der Waals surface area (Å²) in [6.45, 7) is 7.99. The van der Waals surface area contributed by atoms with Gasteiger partial charge in [0, 0.05) is 13.1 Å². The molecular formula is C23H29NO. The zero-order chi connectivity index (χ0) is 17.9. The lowest BCUT2D eigenvalue weighted by Crippen LogP contribution is -2.42. The molecule has 2 heteroatoms. The minimum absolute atomic E-state index is 0.263. The topological polar surface area (TPSA) is 20.3 Å². The van der Waals surface area contributed by atoms with E-state index in [1.165, 1.54) is 17.5 Å². The first-order chi connectivity index (χ1) is 12.0. The fourth-order valence-corrected chi connectivity index (χ4v) is 3.76. The van der Waals surface area contributed by atoms with E-state index in [0.29, 0.717) is 5.92 Å². The van der Waals surface area contributed by atoms with Crippen molar-refractivity contribution < 1.29 is 4.79 Å². The summed E-state index contributed by atoms with van der Waals surface area (Å²) >= 11 is 0. The average Bonchev–Trinajstić information content (AvgIpc) is 3.09. The molecule has 1 amide bonds. The molecular weight excluding hydrogens is 306 g/mol. The van der Waals surface area contributed by atoms with Crippen LogP contribution in [0.1, 0.15) is 43.4 Å². The summed E-state index contributed by atoms with van der Waals surface area (Å²) in [4.78, 5) is 15.2. The lowest BCUT2D eigenvalue weighted by atomic mass is 9.83. The van der Waals surface area contributed by atoms with Gasteiger partial charge in [-0.15, -0.1) is 0 Å². The highest BCUT2D eigenvalue weighted by molar-refractivity contribution is 5.87. The maximum Gasteiger partial charge on any atom is 0.232 e. The van der Waals surface area contributed by atoms with Gasteiger partial charge in [0.25, 0.3) is 0 Å². The molecule has 1 saturated heterocycles. The van der Waals surface area contributed by atoms with Crippen molar-refractivity contribution in [2.45, 2.75) is 45.4 Å². The first-order valence-electron chi connectivity index (χ1n) is 9.37. The van der Waals surface area contributed by atoms with E-state index < -0.39 is 5.41 Å². The minimum Gasteiger partial charge on any atom is -0.342 e. The fourth-order valence-electron chi connectivity index (χ4n) is 3.76. The van der Waals surface area contributed by atoms with Gasteiger partial charge in [-0.3, -0.25) is 4.79 Å². The highest BCUT2D eigenvalue weighted by Gasteiger charge is 2.36. The summed E-state index contributed by atoms with van der Waals surface area (Å²) in [6, 6.07) is 19.0. The molecule has 2 aromatic rings. The Labute approximate surface area is 151 Å². The molecule has 1 heterocycles. The molecule has 1 aliphatic heterocycles. The first kappa shape index (κ1) is 17.7. The van der Waals surface area contributed by atoms with Crippen molar-refractivity contribution in [3.63, 3.8) is 0 Å². The van der Waals surface area contributed by atoms with Crippen molar-refractivity contribution in [1.82, 2.24) is 4.90 Å². The van der Waals surface area contributed by atoms with Crippen LogP contribution < -0.4 is 0 Å². The van der Waals surface area contributed by atoms with E-state index in [2.05, 4.69) is 80.3 Å². The van der Waals surface area contributed by atoms with Crippen molar-refractivity contribution >= 4 is 5.91 Å². The number of hydrogen-bond donors (Lipinski definition) is 0. The number of hydrogen-bond acceptors (Lipinski definition) is 1. The van der Waals surface area contributed by atoms with Gasteiger partial charge in [0.2, 0.25) is 5.91 Å². The number of benzene rings is 2. The molecule has 25 heavy (non-hydrogen) atoms. The number of aryl methyl sites for hydroxylation is 2. The lowest BCUT2D eigenvalue weighted by Gasteiger charge is -2.30. The smallest absolute Gasteiger partial charge is 0.232 e. The van der Waals surface area contributed by atoms with Crippen LogP contribution >= 0.6 is 0 Å². The largest absolute Gasteiger partial charge is 0.342 e. The van der Waals surface area contributed by atoms with E-state index in [1.807, 2.05) is 0 Å². The summed E-state index contributed by atoms with van der Waals surface area (Å²) < 4.78 is 0. The quantitative estimate of drug-likeness (QED) is 0.772. The van der Waals surface area contributed by atoms with E-state index in [0.717, 1.165) is 31.5 Å². The molecule has 1 aliphatic rings. The van der Waals surface area contributed by atoms with E-state index in [-0.39, 0.29) is 5.91 Å². The minimum atomic E-state index is -0.456. The zero-order valence-corrected chi connectivity index (χ0v) is 15.7. The fraction of sp³-hybridized carbons (Fsp3) is 0.435. The molecule has 1 fully saturated rings. The maximum absolute atomic E-state index is 13.1. The second-order valence-corrected chi connectivity index (χ2v) is 7.92. The molecule has 0 N–H and O–H groups in total. The Morgan fingerprint density at radius 2 is 1.76 bits per heavy atom. The van der Waals surface area contributed by atoms with E-state index in [1.54, 1.807) is 0 Å². The van der Waals surface area contributed by atoms with Gasteiger partial charge in [0.1, 0.15) is 0 Å². The van der Waals surface area contributed by atoms with Gasteiger partial charge < -0.3 is 4.90 Å². The molecule has 1 unspecified atom stereocenters. The number of rotatable bonds is 5. The van der Waals surface area contributed by atoms with Crippen LogP contribution in [0, 0.1) is 12.8 Å². The normalized spacial score (nSPS) is 17.7. The van der Waals surface area contributed by atoms with Crippen LogP contribution in [0.25, 0.3) is 0 Å². The number of carbonyl (C=O) groups excluding carboxylic acids is 1. The Hall–Kier alpha value is -2.09. The molecule has 0 saturated carbocycles. The molecule has 0 radical (unpaired) electrons. The van der Waals surface area contributed by atoms with Crippen LogP contribution in [0.4, 0.5) is 0 Å². The third-order valence-corrected chi connectivity index (χ3v) is 5.57. The van der Waals surface area contributed by atoms with Crippen molar-refractivity contribution in [3.05, 3.63) is 71.3 Å². The standard InChI is InChI=1S/C23H29NO/c1-18-9-13-21(14-10-18)23(2,3)22(25)24-16-15-20(17-24)12-11-19-7-5-4-6-8-19/h4-10,13-14,20H,11-12,15-17H2,1-3H3. The van der Waals surface area contributed by atoms with E-state index in [4.69, 9.17) is 0 Å². The predicted molar refractivity (Wildman–Crippen MR) is 104 cm³/mol. The van der Waals surface area contributed by atoms with Crippen LogP contribution in [0.15, 0.2) is 54.6 Å². The van der Waals surface area contributed by atoms with Crippen LogP contribution in [-0.2, 0) is 16.6 Å². The number of carbonyl (C=O) groups is 1. The van der Waals surface area contributed by atoms with Gasteiger partial charge in [-0.05, 0) is 57.1 Å². The second-order valence-electron chi connectivity index (χ2n) is 7.92. The summed E-state index contributed by atoms with van der Waals surface area (Å²) in [6.07, 6.45) is 3.40. The third-order valence-electron chi connectivity index (χ3n) is 5.57. The molecule has 1 atom stereocenters. The van der Waals surface area contributed by atoms with Crippen molar-refractivity contribution in [1.29, 1.82) is 0 Å². The van der Waals surface area contributed by atoms with Crippen LogP contribution in [0.3, 0.4) is 0 Å². The monoisotopic (exact) mass is 335 g/mol. The highest BCUT2D eigenvalue weighted by Crippen LogP contribution is 2.30. The molecule has 0 bridgehead atoms. The average molecular weight is 335 g/mol. The number of amides is 1. The molecule has 0 spiro atoms. The molecule has 0 aromatic heterocycles. The summed E-state index contributed by atoms with van der Waals surface area (Å²) in [5.41, 5.74) is 3.28. The SMILES string of the molecule is Cc1ccc(C(C)(C)C(=O)N2CCC(CCc3ccccc3)C2)cc1. The van der Waals surface area contributed by atoms with E-state index >= 15 is 0 Å². The van der Waals surface area contributed by atoms with Crippen molar-refractivity contribution in [3.8, 4) is 0 Å². The molecule has 132 valence electrons. The molecule has 0 aliphatic carbocycles. The number of nitrogens with zero attached hydrogens (tertiary/aromatic N) is 1. The van der Waals surface area contributed by atoms with Crippen LogP contribution in [0.5, 0.6) is 0 Å². The van der Waals surface area contributed by atoms with E-state index in [9.17, 15) is 4.79 Å². The second kappa shape index (κ2) is 7.43. The van der Waals surface area contributed by atoms with Crippen molar-refractivity contribution in [2.75, 3.05) is 13.1 Å². The maximum atomic E-state index is 13.1. The summed E-state index contributed by atoms with van der Waals surface area (Å²) in [7, 11) is 0. The van der Waals surface area contributed by atoms with Crippen molar-refractivity contribution in [2.24, 2.45) is 5.92 Å². The van der Waals surface area contributed by atoms with Crippen LogP contribution in [0.2, 0.25) is 0 Å². The number of likely N-dealkylation sites (tertiary alicyclic amines) is 1. The Morgan fingerprint density at radius 3 is 2.44 bits per heavy atom. The lowest BCUT2D eigenvalue weighted by molar-refractivity contribution is -0.135. The predicted octanol–water partition coefficient (Wildman–Crippen LogP) is 4.75. The Bertz CT molecular complexity index is 703. The Balaban J connectivity index is 1.59. The Kier molecular flexibility index (Phi) is 5.27. The highest BCUT2D eigenvalue weighted by atomic mass is 16.2.